The van der Waals surface area contributed by atoms with Crippen molar-refractivity contribution in [3.63, 3.8) is 0 Å². The molecule has 1 amide bonds. The van der Waals surface area contributed by atoms with E-state index in [9.17, 15) is 13.2 Å². The van der Waals surface area contributed by atoms with Gasteiger partial charge in [-0.2, -0.15) is 0 Å². The van der Waals surface area contributed by atoms with E-state index in [-0.39, 0.29) is 28.9 Å². The highest BCUT2D eigenvalue weighted by molar-refractivity contribution is 7.91. The standard InChI is InChI=1S/C13H24N2O3S/c1-3-13(4-6-14-7-5-13)12(16)15-8-9-19(17,18)10-11(15)2/h11,14H,3-10H2,1-2H3. The summed E-state index contributed by atoms with van der Waals surface area (Å²) in [5.41, 5.74) is -0.277. The SMILES string of the molecule is CCC1(C(=O)N2CCS(=O)(=O)CC2C)CCNCC1. The average molecular weight is 288 g/mol. The van der Waals surface area contributed by atoms with Gasteiger partial charge in [-0.05, 0) is 39.3 Å². The molecule has 1 atom stereocenters. The number of sulfone groups is 1. The van der Waals surface area contributed by atoms with Crippen LogP contribution in [0.2, 0.25) is 0 Å². The number of nitrogens with zero attached hydrogens (tertiary/aromatic N) is 1. The lowest BCUT2D eigenvalue weighted by Crippen LogP contribution is -2.56. The predicted molar refractivity (Wildman–Crippen MR) is 74.7 cm³/mol. The average Bonchev–Trinajstić information content (AvgIpc) is 2.38. The fourth-order valence-corrected chi connectivity index (χ4v) is 4.79. The molecule has 19 heavy (non-hydrogen) atoms. The minimum Gasteiger partial charge on any atom is -0.337 e. The van der Waals surface area contributed by atoms with Crippen molar-refractivity contribution in [1.82, 2.24) is 10.2 Å². The third-order valence-electron chi connectivity index (χ3n) is 4.62. The largest absolute Gasteiger partial charge is 0.337 e. The van der Waals surface area contributed by atoms with Crippen LogP contribution >= 0.6 is 0 Å². The van der Waals surface area contributed by atoms with Crippen molar-refractivity contribution >= 4 is 15.7 Å². The van der Waals surface area contributed by atoms with Crippen molar-refractivity contribution in [2.75, 3.05) is 31.1 Å². The van der Waals surface area contributed by atoms with E-state index in [1.165, 1.54) is 0 Å². The molecular weight excluding hydrogens is 264 g/mol. The minimum atomic E-state index is -2.96. The Morgan fingerprint density at radius 3 is 2.53 bits per heavy atom. The quantitative estimate of drug-likeness (QED) is 0.799. The number of hydrogen-bond acceptors (Lipinski definition) is 4. The predicted octanol–water partition coefficient (Wildman–Crippen LogP) is 0.412. The third-order valence-corrected chi connectivity index (χ3v) is 6.42. The molecule has 6 heteroatoms. The Hall–Kier alpha value is -0.620. The molecule has 0 spiro atoms. The summed E-state index contributed by atoms with van der Waals surface area (Å²) in [6, 6.07) is -0.190. The number of hydrogen-bond donors (Lipinski definition) is 1. The molecule has 0 aromatic heterocycles. The lowest BCUT2D eigenvalue weighted by atomic mass is 9.75. The Morgan fingerprint density at radius 2 is 2.00 bits per heavy atom. The van der Waals surface area contributed by atoms with Gasteiger partial charge in [0.2, 0.25) is 5.91 Å². The fourth-order valence-electron chi connectivity index (χ4n) is 3.23. The van der Waals surface area contributed by atoms with Crippen LogP contribution in [-0.2, 0) is 14.6 Å². The Kier molecular flexibility index (Phi) is 4.20. The Labute approximate surface area is 115 Å². The van der Waals surface area contributed by atoms with E-state index in [2.05, 4.69) is 12.2 Å². The molecule has 0 saturated carbocycles. The lowest BCUT2D eigenvalue weighted by molar-refractivity contribution is -0.145. The van der Waals surface area contributed by atoms with Gasteiger partial charge >= 0.3 is 0 Å². The highest BCUT2D eigenvalue weighted by atomic mass is 32.2. The maximum absolute atomic E-state index is 12.8. The first-order valence-electron chi connectivity index (χ1n) is 7.12. The van der Waals surface area contributed by atoms with Crippen LogP contribution in [0.1, 0.15) is 33.1 Å². The van der Waals surface area contributed by atoms with Crippen LogP contribution in [0.4, 0.5) is 0 Å². The van der Waals surface area contributed by atoms with Crippen LogP contribution in [0.5, 0.6) is 0 Å². The molecule has 2 aliphatic rings. The zero-order chi connectivity index (χ0) is 14.1. The summed E-state index contributed by atoms with van der Waals surface area (Å²) < 4.78 is 23.2. The van der Waals surface area contributed by atoms with Gasteiger partial charge in [-0.3, -0.25) is 4.79 Å². The molecule has 1 unspecified atom stereocenters. The van der Waals surface area contributed by atoms with E-state index in [0.717, 1.165) is 32.4 Å². The smallest absolute Gasteiger partial charge is 0.229 e. The van der Waals surface area contributed by atoms with Crippen molar-refractivity contribution in [2.45, 2.75) is 39.2 Å². The maximum Gasteiger partial charge on any atom is 0.229 e. The first kappa shape index (κ1) is 14.8. The Balaban J connectivity index is 2.14. The van der Waals surface area contributed by atoms with Crippen LogP contribution in [0.25, 0.3) is 0 Å². The molecule has 2 aliphatic heterocycles. The number of nitrogens with one attached hydrogen (secondary N) is 1. The van der Waals surface area contributed by atoms with Crippen molar-refractivity contribution in [3.05, 3.63) is 0 Å². The third kappa shape index (κ3) is 2.94. The van der Waals surface area contributed by atoms with Crippen LogP contribution in [0.15, 0.2) is 0 Å². The van der Waals surface area contributed by atoms with E-state index >= 15 is 0 Å². The van der Waals surface area contributed by atoms with E-state index in [0.29, 0.717) is 6.54 Å². The highest BCUT2D eigenvalue weighted by Gasteiger charge is 2.43. The molecule has 2 heterocycles. The summed E-state index contributed by atoms with van der Waals surface area (Å²) in [6.45, 7) is 6.02. The van der Waals surface area contributed by atoms with Gasteiger partial charge < -0.3 is 10.2 Å². The van der Waals surface area contributed by atoms with Gasteiger partial charge in [-0.25, -0.2) is 8.42 Å². The lowest BCUT2D eigenvalue weighted by Gasteiger charge is -2.43. The van der Waals surface area contributed by atoms with E-state index in [1.807, 2.05) is 6.92 Å². The van der Waals surface area contributed by atoms with Gasteiger partial charge in [0.1, 0.15) is 0 Å². The zero-order valence-electron chi connectivity index (χ0n) is 11.8. The second-order valence-electron chi connectivity index (χ2n) is 5.85. The number of carbonyl (C=O) groups is 1. The monoisotopic (exact) mass is 288 g/mol. The number of amides is 1. The molecule has 1 N–H and O–H groups in total. The summed E-state index contributed by atoms with van der Waals surface area (Å²) in [7, 11) is -2.96. The molecule has 0 aromatic carbocycles. The molecule has 0 radical (unpaired) electrons. The first-order chi connectivity index (χ1) is 8.90. The van der Waals surface area contributed by atoms with E-state index in [4.69, 9.17) is 0 Å². The minimum absolute atomic E-state index is 0.108. The maximum atomic E-state index is 12.8. The van der Waals surface area contributed by atoms with Gasteiger partial charge in [-0.15, -0.1) is 0 Å². The highest BCUT2D eigenvalue weighted by Crippen LogP contribution is 2.35. The molecular formula is C13H24N2O3S. The van der Waals surface area contributed by atoms with Gasteiger partial charge in [0.15, 0.2) is 9.84 Å². The molecule has 2 rings (SSSR count). The van der Waals surface area contributed by atoms with Gasteiger partial charge in [-0.1, -0.05) is 6.92 Å². The van der Waals surface area contributed by atoms with Crippen molar-refractivity contribution in [1.29, 1.82) is 0 Å². The van der Waals surface area contributed by atoms with E-state index < -0.39 is 9.84 Å². The summed E-state index contributed by atoms with van der Waals surface area (Å²) in [5.74, 6) is 0.386. The Morgan fingerprint density at radius 1 is 1.37 bits per heavy atom. The van der Waals surface area contributed by atoms with Gasteiger partial charge in [0.05, 0.1) is 16.9 Å². The molecule has 0 aliphatic carbocycles. The summed E-state index contributed by atoms with van der Waals surface area (Å²) in [4.78, 5) is 14.6. The normalized spacial score (nSPS) is 30.0. The summed E-state index contributed by atoms with van der Waals surface area (Å²) in [5, 5.41) is 3.29. The molecule has 110 valence electrons. The number of rotatable bonds is 2. The van der Waals surface area contributed by atoms with Gasteiger partial charge in [0.25, 0.3) is 0 Å². The van der Waals surface area contributed by atoms with Crippen molar-refractivity contribution < 1.29 is 13.2 Å². The second kappa shape index (κ2) is 5.40. The molecule has 0 aromatic rings. The number of piperidine rings is 1. The molecule has 0 bridgehead atoms. The fraction of sp³-hybridized carbons (Fsp3) is 0.923. The van der Waals surface area contributed by atoms with Crippen molar-refractivity contribution in [2.24, 2.45) is 5.41 Å². The second-order valence-corrected chi connectivity index (χ2v) is 8.07. The Bertz CT molecular complexity index is 441. The first-order valence-corrected chi connectivity index (χ1v) is 8.94. The molecule has 2 saturated heterocycles. The topological polar surface area (TPSA) is 66.5 Å². The molecule has 2 fully saturated rings. The van der Waals surface area contributed by atoms with E-state index in [1.54, 1.807) is 4.90 Å². The van der Waals surface area contributed by atoms with Crippen LogP contribution in [-0.4, -0.2) is 56.4 Å². The summed E-state index contributed by atoms with van der Waals surface area (Å²) >= 11 is 0. The molecule has 5 nitrogen and oxygen atoms in total. The number of carbonyl (C=O) groups excluding carboxylic acids is 1. The van der Waals surface area contributed by atoms with Gasteiger partial charge in [0, 0.05) is 12.6 Å². The van der Waals surface area contributed by atoms with Crippen LogP contribution in [0.3, 0.4) is 0 Å². The van der Waals surface area contributed by atoms with Crippen LogP contribution < -0.4 is 5.32 Å². The van der Waals surface area contributed by atoms with Crippen molar-refractivity contribution in [3.8, 4) is 0 Å². The zero-order valence-corrected chi connectivity index (χ0v) is 12.6. The summed E-state index contributed by atoms with van der Waals surface area (Å²) in [6.07, 6.45) is 2.56. The van der Waals surface area contributed by atoms with Crippen LogP contribution in [0, 0.1) is 5.41 Å².